The fourth-order valence-corrected chi connectivity index (χ4v) is 3.21. The number of alkyl carbamates (subject to hydrolysis) is 1. The van der Waals surface area contributed by atoms with Crippen molar-refractivity contribution >= 4 is 17.4 Å². The van der Waals surface area contributed by atoms with Crippen molar-refractivity contribution in [2.75, 3.05) is 0 Å². The van der Waals surface area contributed by atoms with Crippen LogP contribution in [-0.4, -0.2) is 27.3 Å². The number of nitrogens with zero attached hydrogens (tertiary/aromatic N) is 1. The van der Waals surface area contributed by atoms with Crippen LogP contribution in [0.5, 0.6) is 0 Å². The second kappa shape index (κ2) is 7.54. The molecule has 0 saturated carbocycles. The number of hydrogen-bond acceptors (Lipinski definition) is 5. The molecule has 0 unspecified atom stereocenters. The van der Waals surface area contributed by atoms with E-state index in [1.165, 1.54) is 11.3 Å². The van der Waals surface area contributed by atoms with Crippen molar-refractivity contribution in [2.24, 2.45) is 0 Å². The van der Waals surface area contributed by atoms with Crippen LogP contribution in [0.15, 0.2) is 30.5 Å². The predicted molar refractivity (Wildman–Crippen MR) is 101 cm³/mol. The van der Waals surface area contributed by atoms with E-state index in [1.54, 1.807) is 20.0 Å². The van der Waals surface area contributed by atoms with E-state index >= 15 is 0 Å². The van der Waals surface area contributed by atoms with Gasteiger partial charge in [-0.15, -0.1) is 11.3 Å². The Balaban J connectivity index is 2.08. The van der Waals surface area contributed by atoms with Crippen LogP contribution in [0.4, 0.5) is 4.79 Å². The van der Waals surface area contributed by atoms with Crippen LogP contribution in [0, 0.1) is 0 Å². The molecule has 0 atom stereocenters. The zero-order valence-corrected chi connectivity index (χ0v) is 16.2. The van der Waals surface area contributed by atoms with E-state index in [0.717, 1.165) is 21.0 Å². The maximum atomic E-state index is 11.7. The van der Waals surface area contributed by atoms with Crippen molar-refractivity contribution in [3.8, 4) is 10.6 Å². The number of thiazole rings is 1. The number of nitrogens with one attached hydrogen (secondary N) is 1. The molecule has 5 nitrogen and oxygen atoms in total. The quantitative estimate of drug-likeness (QED) is 0.838. The molecule has 1 aromatic carbocycles. The Hall–Kier alpha value is -1.92. The van der Waals surface area contributed by atoms with Gasteiger partial charge in [0, 0.05) is 23.7 Å². The van der Waals surface area contributed by atoms with Crippen molar-refractivity contribution < 1.29 is 14.6 Å². The fraction of sp³-hybridized carbons (Fsp3) is 0.474. The standard InChI is InChI=1S/C19H26N2O3S/c1-18(2,3)21-17(22)24-12-14-11-20-16(25-14)15-9-7-6-8-13(15)10-19(4,5)23/h6-9,11,23H,10,12H2,1-5H3,(H,21,22). The monoisotopic (exact) mass is 362 g/mol. The second-order valence-electron chi connectivity index (χ2n) is 7.73. The van der Waals surface area contributed by atoms with Crippen LogP contribution in [0.25, 0.3) is 10.6 Å². The summed E-state index contributed by atoms with van der Waals surface area (Å²) in [5.41, 5.74) is 0.929. The lowest BCUT2D eigenvalue weighted by molar-refractivity contribution is 0.0811. The molecule has 0 fully saturated rings. The molecule has 2 aromatic rings. The van der Waals surface area contributed by atoms with E-state index in [9.17, 15) is 9.90 Å². The van der Waals surface area contributed by atoms with Crippen LogP contribution < -0.4 is 5.32 Å². The van der Waals surface area contributed by atoms with Gasteiger partial charge in [0.05, 0.1) is 10.5 Å². The summed E-state index contributed by atoms with van der Waals surface area (Å²) in [6, 6.07) is 7.91. The Kier molecular flexibility index (Phi) is 5.85. The number of aliphatic hydroxyl groups is 1. The van der Waals surface area contributed by atoms with E-state index in [2.05, 4.69) is 10.3 Å². The number of benzene rings is 1. The summed E-state index contributed by atoms with van der Waals surface area (Å²) in [5, 5.41) is 13.7. The summed E-state index contributed by atoms with van der Waals surface area (Å²) in [6.45, 7) is 9.47. The highest BCUT2D eigenvalue weighted by Gasteiger charge is 2.18. The Morgan fingerprint density at radius 1 is 1.24 bits per heavy atom. The minimum Gasteiger partial charge on any atom is -0.444 e. The van der Waals surface area contributed by atoms with E-state index in [4.69, 9.17) is 4.74 Å². The number of carbonyl (C=O) groups excluding carboxylic acids is 1. The van der Waals surface area contributed by atoms with Gasteiger partial charge >= 0.3 is 6.09 Å². The van der Waals surface area contributed by atoms with Crippen LogP contribution in [0.2, 0.25) is 0 Å². The van der Waals surface area contributed by atoms with Crippen molar-refractivity contribution in [3.63, 3.8) is 0 Å². The zero-order chi connectivity index (χ0) is 18.7. The van der Waals surface area contributed by atoms with Crippen molar-refractivity contribution in [2.45, 2.75) is 58.8 Å². The lowest BCUT2D eigenvalue weighted by atomic mass is 9.95. The minimum absolute atomic E-state index is 0.188. The molecule has 0 aliphatic carbocycles. The highest BCUT2D eigenvalue weighted by Crippen LogP contribution is 2.30. The maximum absolute atomic E-state index is 11.7. The van der Waals surface area contributed by atoms with Gasteiger partial charge in [-0.1, -0.05) is 24.3 Å². The lowest BCUT2D eigenvalue weighted by Gasteiger charge is -2.19. The molecule has 0 saturated heterocycles. The molecule has 0 aliphatic rings. The number of carbonyl (C=O) groups is 1. The molecule has 1 heterocycles. The Bertz CT molecular complexity index is 727. The number of aromatic nitrogens is 1. The van der Waals surface area contributed by atoms with Crippen LogP contribution >= 0.6 is 11.3 Å². The lowest BCUT2D eigenvalue weighted by Crippen LogP contribution is -2.40. The van der Waals surface area contributed by atoms with E-state index in [1.807, 2.05) is 45.0 Å². The van der Waals surface area contributed by atoms with Gasteiger partial charge in [0.2, 0.25) is 0 Å². The predicted octanol–water partition coefficient (Wildman–Crippen LogP) is 4.15. The maximum Gasteiger partial charge on any atom is 0.407 e. The van der Waals surface area contributed by atoms with Crippen molar-refractivity contribution in [1.29, 1.82) is 0 Å². The highest BCUT2D eigenvalue weighted by molar-refractivity contribution is 7.15. The van der Waals surface area contributed by atoms with Gasteiger partial charge in [-0.2, -0.15) is 0 Å². The molecule has 0 aliphatic heterocycles. The Morgan fingerprint density at radius 3 is 2.56 bits per heavy atom. The molecular formula is C19H26N2O3S. The molecule has 25 heavy (non-hydrogen) atoms. The van der Waals surface area contributed by atoms with Gasteiger partial charge in [-0.05, 0) is 40.2 Å². The number of ether oxygens (including phenoxy) is 1. The van der Waals surface area contributed by atoms with E-state index in [-0.39, 0.29) is 12.1 Å². The molecule has 1 aromatic heterocycles. The SMILES string of the molecule is CC(C)(O)Cc1ccccc1-c1ncc(COC(=O)NC(C)(C)C)s1. The van der Waals surface area contributed by atoms with Crippen LogP contribution in [-0.2, 0) is 17.8 Å². The molecule has 0 spiro atoms. The zero-order valence-electron chi connectivity index (χ0n) is 15.4. The van der Waals surface area contributed by atoms with Gasteiger partial charge in [0.15, 0.2) is 0 Å². The average Bonchev–Trinajstić information content (AvgIpc) is 2.91. The minimum atomic E-state index is -0.787. The summed E-state index contributed by atoms with van der Waals surface area (Å²) < 4.78 is 5.24. The number of amides is 1. The first-order valence-corrected chi connectivity index (χ1v) is 9.05. The van der Waals surface area contributed by atoms with Crippen LogP contribution in [0.3, 0.4) is 0 Å². The molecule has 6 heteroatoms. The molecule has 1 amide bonds. The van der Waals surface area contributed by atoms with Gasteiger partial charge in [-0.3, -0.25) is 0 Å². The first-order valence-electron chi connectivity index (χ1n) is 8.24. The van der Waals surface area contributed by atoms with E-state index < -0.39 is 11.7 Å². The molecule has 0 bridgehead atoms. The third-order valence-electron chi connectivity index (χ3n) is 3.25. The first-order chi connectivity index (χ1) is 11.5. The smallest absolute Gasteiger partial charge is 0.407 e. The van der Waals surface area contributed by atoms with Crippen molar-refractivity contribution in [1.82, 2.24) is 10.3 Å². The summed E-state index contributed by atoms with van der Waals surface area (Å²) in [7, 11) is 0. The van der Waals surface area contributed by atoms with Gasteiger partial charge in [0.1, 0.15) is 11.6 Å². The topological polar surface area (TPSA) is 71.5 Å². The number of hydrogen-bond donors (Lipinski definition) is 2. The van der Waals surface area contributed by atoms with Crippen LogP contribution in [0.1, 0.15) is 45.1 Å². The summed E-state index contributed by atoms with van der Waals surface area (Å²) in [5.74, 6) is 0. The molecule has 2 N–H and O–H groups in total. The first kappa shape index (κ1) is 19.4. The Morgan fingerprint density at radius 2 is 1.92 bits per heavy atom. The van der Waals surface area contributed by atoms with E-state index in [0.29, 0.717) is 6.42 Å². The van der Waals surface area contributed by atoms with Crippen molar-refractivity contribution in [3.05, 3.63) is 40.9 Å². The third kappa shape index (κ3) is 6.48. The molecular weight excluding hydrogens is 336 g/mol. The Labute approximate surface area is 153 Å². The fourth-order valence-electron chi connectivity index (χ4n) is 2.33. The summed E-state index contributed by atoms with van der Waals surface area (Å²) >= 11 is 1.49. The second-order valence-corrected chi connectivity index (χ2v) is 8.84. The number of rotatable bonds is 5. The van der Waals surface area contributed by atoms with Gasteiger partial charge < -0.3 is 15.2 Å². The molecule has 136 valence electrons. The van der Waals surface area contributed by atoms with Gasteiger partial charge in [-0.25, -0.2) is 9.78 Å². The largest absolute Gasteiger partial charge is 0.444 e. The van der Waals surface area contributed by atoms with Gasteiger partial charge in [0.25, 0.3) is 0 Å². The summed E-state index contributed by atoms with van der Waals surface area (Å²) in [4.78, 5) is 17.1. The summed E-state index contributed by atoms with van der Waals surface area (Å²) in [6.07, 6.45) is 1.83. The molecule has 2 rings (SSSR count). The normalized spacial score (nSPS) is 12.1. The molecule has 0 radical (unpaired) electrons. The average molecular weight is 362 g/mol. The third-order valence-corrected chi connectivity index (χ3v) is 4.25. The highest BCUT2D eigenvalue weighted by atomic mass is 32.1.